The molecule has 3 rings (SSSR count). The van der Waals surface area contributed by atoms with Gasteiger partial charge in [0.25, 0.3) is 0 Å². The first kappa shape index (κ1) is 18.8. The average molecular weight is 363 g/mol. The molecule has 1 aromatic carbocycles. The van der Waals surface area contributed by atoms with E-state index in [2.05, 4.69) is 26.3 Å². The number of piperidine rings is 1. The van der Waals surface area contributed by atoms with Crippen LogP contribution in [-0.2, 0) is 4.79 Å². The number of hydrogen-bond acceptors (Lipinski definition) is 5. The molecule has 0 bridgehead atoms. The normalized spacial score (nSPS) is 15.8. The van der Waals surface area contributed by atoms with Crippen molar-refractivity contribution in [1.82, 2.24) is 15.3 Å². The van der Waals surface area contributed by atoms with Gasteiger partial charge >= 0.3 is 0 Å². The minimum absolute atomic E-state index is 0.0935. The zero-order chi connectivity index (χ0) is 19.1. The van der Waals surface area contributed by atoms with Gasteiger partial charge in [0.2, 0.25) is 5.91 Å². The van der Waals surface area contributed by atoms with Crippen molar-refractivity contribution in [1.29, 1.82) is 5.26 Å². The van der Waals surface area contributed by atoms with Gasteiger partial charge in [0.15, 0.2) is 11.5 Å². The molecule has 6 heteroatoms. The highest BCUT2D eigenvalue weighted by Crippen LogP contribution is 2.24. The van der Waals surface area contributed by atoms with Gasteiger partial charge in [-0.1, -0.05) is 37.3 Å². The fourth-order valence-electron chi connectivity index (χ4n) is 3.62. The molecule has 0 spiro atoms. The summed E-state index contributed by atoms with van der Waals surface area (Å²) < 4.78 is 0. The van der Waals surface area contributed by atoms with Crippen molar-refractivity contribution in [3.8, 4) is 6.07 Å². The SMILES string of the molecule is CCC(C(=O)NCC1CCN(c2nccnc2C#N)CC1)c1ccccc1. The Labute approximate surface area is 160 Å². The fourth-order valence-corrected chi connectivity index (χ4v) is 3.62. The summed E-state index contributed by atoms with van der Waals surface area (Å²) in [5.74, 6) is 1.12. The number of hydrogen-bond donors (Lipinski definition) is 1. The molecule has 1 N–H and O–H groups in total. The molecule has 1 atom stereocenters. The number of nitrogens with one attached hydrogen (secondary N) is 1. The van der Waals surface area contributed by atoms with Crippen LogP contribution in [0.15, 0.2) is 42.7 Å². The summed E-state index contributed by atoms with van der Waals surface area (Å²) in [6, 6.07) is 12.1. The van der Waals surface area contributed by atoms with Crippen molar-refractivity contribution < 1.29 is 4.79 Å². The highest BCUT2D eigenvalue weighted by atomic mass is 16.1. The molecule has 1 aromatic heterocycles. The predicted octanol–water partition coefficient (Wildman–Crippen LogP) is 2.87. The molecule has 2 heterocycles. The van der Waals surface area contributed by atoms with Gasteiger partial charge in [0, 0.05) is 32.0 Å². The van der Waals surface area contributed by atoms with E-state index < -0.39 is 0 Å². The Bertz CT molecular complexity index is 794. The first-order chi connectivity index (χ1) is 13.2. The largest absolute Gasteiger partial charge is 0.355 e. The van der Waals surface area contributed by atoms with Crippen LogP contribution in [0.25, 0.3) is 0 Å². The standard InChI is InChI=1S/C21H25N5O/c1-2-18(17-6-4-3-5-7-17)21(27)25-15-16-8-12-26(13-9-16)20-19(14-22)23-10-11-24-20/h3-7,10-11,16,18H,2,8-9,12-13,15H2,1H3,(H,25,27). The molecular weight excluding hydrogens is 338 g/mol. The summed E-state index contributed by atoms with van der Waals surface area (Å²) in [6.07, 6.45) is 5.88. The third kappa shape index (κ3) is 4.62. The second-order valence-corrected chi connectivity index (χ2v) is 6.89. The van der Waals surface area contributed by atoms with Gasteiger partial charge in [0.1, 0.15) is 6.07 Å². The minimum atomic E-state index is -0.0935. The van der Waals surface area contributed by atoms with Gasteiger partial charge in [-0.25, -0.2) is 9.97 Å². The highest BCUT2D eigenvalue weighted by molar-refractivity contribution is 5.83. The van der Waals surface area contributed by atoms with E-state index in [-0.39, 0.29) is 11.8 Å². The molecule has 1 fully saturated rings. The lowest BCUT2D eigenvalue weighted by Gasteiger charge is -2.33. The van der Waals surface area contributed by atoms with Crippen LogP contribution < -0.4 is 10.2 Å². The van der Waals surface area contributed by atoms with Crippen molar-refractivity contribution in [2.24, 2.45) is 5.92 Å². The first-order valence-corrected chi connectivity index (χ1v) is 9.51. The molecule has 27 heavy (non-hydrogen) atoms. The number of amides is 1. The third-order valence-corrected chi connectivity index (χ3v) is 5.19. The maximum absolute atomic E-state index is 12.6. The van der Waals surface area contributed by atoms with Crippen LogP contribution in [0.4, 0.5) is 5.82 Å². The predicted molar refractivity (Wildman–Crippen MR) is 104 cm³/mol. The number of carbonyl (C=O) groups is 1. The molecule has 6 nitrogen and oxygen atoms in total. The van der Waals surface area contributed by atoms with E-state index in [4.69, 9.17) is 0 Å². The summed E-state index contributed by atoms with van der Waals surface area (Å²) in [4.78, 5) is 23.1. The molecule has 1 amide bonds. The lowest BCUT2D eigenvalue weighted by Crippen LogP contribution is -2.40. The van der Waals surface area contributed by atoms with Gasteiger partial charge in [0.05, 0.1) is 5.92 Å². The summed E-state index contributed by atoms with van der Waals surface area (Å²) >= 11 is 0. The molecule has 0 aliphatic carbocycles. The molecule has 1 aliphatic rings. The van der Waals surface area contributed by atoms with E-state index in [1.165, 1.54) is 0 Å². The van der Waals surface area contributed by atoms with E-state index in [1.807, 2.05) is 37.3 Å². The second-order valence-electron chi connectivity index (χ2n) is 6.89. The van der Waals surface area contributed by atoms with Crippen molar-refractivity contribution in [2.75, 3.05) is 24.5 Å². The van der Waals surface area contributed by atoms with E-state index >= 15 is 0 Å². The monoisotopic (exact) mass is 363 g/mol. The van der Waals surface area contributed by atoms with Gasteiger partial charge in [-0.2, -0.15) is 5.26 Å². The molecule has 2 aromatic rings. The van der Waals surface area contributed by atoms with Crippen molar-refractivity contribution >= 4 is 11.7 Å². The van der Waals surface area contributed by atoms with Gasteiger partial charge < -0.3 is 10.2 Å². The van der Waals surface area contributed by atoms with Crippen LogP contribution in [-0.4, -0.2) is 35.5 Å². The Morgan fingerprint density at radius 3 is 2.63 bits per heavy atom. The average Bonchev–Trinajstić information content (AvgIpc) is 2.74. The molecule has 1 saturated heterocycles. The Morgan fingerprint density at radius 1 is 1.26 bits per heavy atom. The molecule has 1 aliphatic heterocycles. The number of anilines is 1. The van der Waals surface area contributed by atoms with E-state index in [0.29, 0.717) is 24.0 Å². The number of benzene rings is 1. The topological polar surface area (TPSA) is 81.9 Å². The van der Waals surface area contributed by atoms with Crippen LogP contribution in [0, 0.1) is 17.2 Å². The number of rotatable bonds is 6. The second kappa shape index (κ2) is 9.13. The maximum Gasteiger partial charge on any atom is 0.227 e. The van der Waals surface area contributed by atoms with Crippen molar-refractivity contribution in [3.05, 3.63) is 54.0 Å². The summed E-state index contributed by atoms with van der Waals surface area (Å²) in [6.45, 7) is 4.39. The number of nitriles is 1. The van der Waals surface area contributed by atoms with Crippen molar-refractivity contribution in [3.63, 3.8) is 0 Å². The Hall–Kier alpha value is -2.94. The molecule has 1 unspecified atom stereocenters. The quantitative estimate of drug-likeness (QED) is 0.853. The van der Waals surface area contributed by atoms with Crippen LogP contribution in [0.1, 0.15) is 43.4 Å². The molecule has 0 saturated carbocycles. The van der Waals surface area contributed by atoms with E-state index in [9.17, 15) is 10.1 Å². The third-order valence-electron chi connectivity index (χ3n) is 5.19. The molecular formula is C21H25N5O. The van der Waals surface area contributed by atoms with Gasteiger partial charge in [-0.3, -0.25) is 4.79 Å². The zero-order valence-corrected chi connectivity index (χ0v) is 15.6. The fraction of sp³-hybridized carbons (Fsp3) is 0.429. The number of carbonyl (C=O) groups excluding carboxylic acids is 1. The number of nitrogens with zero attached hydrogens (tertiary/aromatic N) is 4. The van der Waals surface area contributed by atoms with Crippen LogP contribution in [0.3, 0.4) is 0 Å². The zero-order valence-electron chi connectivity index (χ0n) is 15.6. The van der Waals surface area contributed by atoms with Crippen LogP contribution >= 0.6 is 0 Å². The summed E-state index contributed by atoms with van der Waals surface area (Å²) in [7, 11) is 0. The lowest BCUT2D eigenvalue weighted by molar-refractivity contribution is -0.122. The van der Waals surface area contributed by atoms with Crippen LogP contribution in [0.5, 0.6) is 0 Å². The lowest BCUT2D eigenvalue weighted by atomic mass is 9.94. The molecule has 140 valence electrons. The first-order valence-electron chi connectivity index (χ1n) is 9.51. The van der Waals surface area contributed by atoms with Gasteiger partial charge in [-0.05, 0) is 30.7 Å². The Balaban J connectivity index is 1.51. The Kier molecular flexibility index (Phi) is 6.37. The van der Waals surface area contributed by atoms with Gasteiger partial charge in [-0.15, -0.1) is 0 Å². The summed E-state index contributed by atoms with van der Waals surface area (Å²) in [5, 5.41) is 12.3. The Morgan fingerprint density at radius 2 is 1.96 bits per heavy atom. The van der Waals surface area contributed by atoms with Crippen molar-refractivity contribution in [2.45, 2.75) is 32.1 Å². The highest BCUT2D eigenvalue weighted by Gasteiger charge is 2.24. The van der Waals surface area contributed by atoms with E-state index in [1.54, 1.807) is 12.4 Å². The number of aromatic nitrogens is 2. The van der Waals surface area contributed by atoms with E-state index in [0.717, 1.165) is 37.9 Å². The smallest absolute Gasteiger partial charge is 0.227 e. The molecule has 0 radical (unpaired) electrons. The minimum Gasteiger partial charge on any atom is -0.355 e. The summed E-state index contributed by atoms with van der Waals surface area (Å²) in [5.41, 5.74) is 1.44. The maximum atomic E-state index is 12.6. The van der Waals surface area contributed by atoms with Crippen LogP contribution in [0.2, 0.25) is 0 Å².